The van der Waals surface area contributed by atoms with E-state index >= 15 is 0 Å². The number of halogens is 3. The molecule has 1 aromatic rings. The molecule has 1 rings (SSSR count). The van der Waals surface area contributed by atoms with Crippen LogP contribution in [0.15, 0.2) is 6.07 Å². The number of alkyl halides is 3. The van der Waals surface area contributed by atoms with E-state index in [0.29, 0.717) is 18.8 Å². The van der Waals surface area contributed by atoms with Gasteiger partial charge in [-0.1, -0.05) is 6.92 Å². The van der Waals surface area contributed by atoms with Gasteiger partial charge in [0.15, 0.2) is 5.69 Å². The van der Waals surface area contributed by atoms with Crippen LogP contribution in [0.5, 0.6) is 0 Å². The summed E-state index contributed by atoms with van der Waals surface area (Å²) < 4.78 is 43.5. The Morgan fingerprint density at radius 1 is 1.55 bits per heavy atom. The lowest BCUT2D eigenvalue weighted by molar-refractivity contribution is -0.141. The van der Waals surface area contributed by atoms with Crippen LogP contribution in [0.4, 0.5) is 13.2 Å². The molecule has 114 valence electrons. The van der Waals surface area contributed by atoms with Crippen molar-refractivity contribution in [2.75, 3.05) is 20.3 Å². The van der Waals surface area contributed by atoms with Crippen molar-refractivity contribution >= 4 is 5.91 Å². The summed E-state index contributed by atoms with van der Waals surface area (Å²) in [5.74, 6) is -0.725. The van der Waals surface area contributed by atoms with E-state index in [4.69, 9.17) is 4.74 Å². The van der Waals surface area contributed by atoms with Gasteiger partial charge in [-0.05, 0) is 13.0 Å². The number of rotatable bonds is 6. The number of methoxy groups -OCH3 is 1. The van der Waals surface area contributed by atoms with Crippen LogP contribution >= 0.6 is 0 Å². The molecule has 1 unspecified atom stereocenters. The summed E-state index contributed by atoms with van der Waals surface area (Å²) in [4.78, 5) is 11.7. The van der Waals surface area contributed by atoms with Crippen LogP contribution in [0.1, 0.15) is 18.3 Å². The zero-order valence-corrected chi connectivity index (χ0v) is 11.6. The number of amides is 1. The van der Waals surface area contributed by atoms with Crippen LogP contribution in [-0.4, -0.2) is 35.9 Å². The van der Waals surface area contributed by atoms with E-state index < -0.39 is 17.8 Å². The maximum absolute atomic E-state index is 12.5. The highest BCUT2D eigenvalue weighted by Crippen LogP contribution is 2.28. The monoisotopic (exact) mass is 293 g/mol. The highest BCUT2D eigenvalue weighted by atomic mass is 19.4. The topological polar surface area (TPSA) is 56.1 Å². The lowest BCUT2D eigenvalue weighted by Crippen LogP contribution is -2.34. The first kappa shape index (κ1) is 16.5. The fourth-order valence-corrected chi connectivity index (χ4v) is 1.63. The van der Waals surface area contributed by atoms with Gasteiger partial charge >= 0.3 is 6.18 Å². The molecule has 0 bridgehead atoms. The summed E-state index contributed by atoms with van der Waals surface area (Å²) in [7, 11) is 1.52. The quantitative estimate of drug-likeness (QED) is 0.811. The Kier molecular flexibility index (Phi) is 5.55. The van der Waals surface area contributed by atoms with Gasteiger partial charge in [-0.3, -0.25) is 9.48 Å². The van der Waals surface area contributed by atoms with Crippen molar-refractivity contribution in [3.05, 3.63) is 17.5 Å². The van der Waals surface area contributed by atoms with Crippen LogP contribution in [0, 0.1) is 12.8 Å². The van der Waals surface area contributed by atoms with Gasteiger partial charge in [0.2, 0.25) is 5.91 Å². The number of hydrogen-bond acceptors (Lipinski definition) is 3. The average molecular weight is 293 g/mol. The lowest BCUT2D eigenvalue weighted by Gasteiger charge is -2.13. The molecule has 1 N–H and O–H groups in total. The van der Waals surface area contributed by atoms with Crippen molar-refractivity contribution in [3.63, 3.8) is 0 Å². The van der Waals surface area contributed by atoms with E-state index in [0.717, 1.165) is 6.07 Å². The summed E-state index contributed by atoms with van der Waals surface area (Å²) in [6, 6.07) is 0.968. The molecule has 8 heteroatoms. The first-order chi connectivity index (χ1) is 9.25. The lowest BCUT2D eigenvalue weighted by atomic mass is 10.1. The van der Waals surface area contributed by atoms with Crippen LogP contribution in [0.3, 0.4) is 0 Å². The number of aryl methyl sites for hydroxylation is 1. The molecule has 0 saturated heterocycles. The van der Waals surface area contributed by atoms with Crippen molar-refractivity contribution < 1.29 is 22.7 Å². The van der Waals surface area contributed by atoms with Gasteiger partial charge < -0.3 is 10.1 Å². The smallest absolute Gasteiger partial charge is 0.383 e. The normalized spacial score (nSPS) is 13.3. The third-order valence-corrected chi connectivity index (χ3v) is 2.77. The van der Waals surface area contributed by atoms with Crippen LogP contribution in [0.25, 0.3) is 0 Å². The molecule has 0 aliphatic heterocycles. The molecule has 1 aromatic heterocycles. The first-order valence-corrected chi connectivity index (χ1v) is 6.14. The molecule has 0 radical (unpaired) electrons. The third kappa shape index (κ3) is 4.52. The second-order valence-corrected chi connectivity index (χ2v) is 4.54. The summed E-state index contributed by atoms with van der Waals surface area (Å²) in [6.07, 6.45) is -4.47. The Balaban J connectivity index is 2.64. The predicted octanol–water partition coefficient (Wildman–Crippen LogP) is 1.61. The number of nitrogens with zero attached hydrogens (tertiary/aromatic N) is 2. The van der Waals surface area contributed by atoms with E-state index in [-0.39, 0.29) is 12.5 Å². The van der Waals surface area contributed by atoms with Gasteiger partial charge in [0.1, 0.15) is 0 Å². The van der Waals surface area contributed by atoms with E-state index in [2.05, 4.69) is 10.4 Å². The number of nitrogens with one attached hydrogen (secondary N) is 1. The van der Waals surface area contributed by atoms with Crippen molar-refractivity contribution in [1.29, 1.82) is 0 Å². The largest absolute Gasteiger partial charge is 0.435 e. The van der Waals surface area contributed by atoms with Crippen molar-refractivity contribution in [3.8, 4) is 0 Å². The molecule has 0 fully saturated rings. The van der Waals surface area contributed by atoms with Gasteiger partial charge in [-0.2, -0.15) is 18.3 Å². The average Bonchev–Trinajstić information content (AvgIpc) is 2.71. The van der Waals surface area contributed by atoms with E-state index in [9.17, 15) is 18.0 Å². The minimum absolute atomic E-state index is 0.0979. The predicted molar refractivity (Wildman–Crippen MR) is 66.0 cm³/mol. The van der Waals surface area contributed by atoms with Crippen molar-refractivity contribution in [2.24, 2.45) is 5.92 Å². The minimum Gasteiger partial charge on any atom is -0.383 e. The van der Waals surface area contributed by atoms with Crippen molar-refractivity contribution in [1.82, 2.24) is 15.1 Å². The Bertz CT molecular complexity index is 457. The SMILES string of the molecule is COCCNC(=O)C(C)Cn1nc(C(F)(F)F)cc1C. The van der Waals surface area contributed by atoms with Crippen LogP contribution in [0.2, 0.25) is 0 Å². The van der Waals surface area contributed by atoms with E-state index in [1.807, 2.05) is 0 Å². The Hall–Kier alpha value is -1.57. The zero-order chi connectivity index (χ0) is 15.3. The van der Waals surface area contributed by atoms with E-state index in [1.165, 1.54) is 18.7 Å². The molecule has 0 aromatic carbocycles. The second kappa shape index (κ2) is 6.74. The van der Waals surface area contributed by atoms with Gasteiger partial charge in [0.05, 0.1) is 19.1 Å². The number of carbonyl (C=O) groups excluding carboxylic acids is 1. The Morgan fingerprint density at radius 3 is 2.70 bits per heavy atom. The molecular weight excluding hydrogens is 275 g/mol. The number of hydrogen-bond donors (Lipinski definition) is 1. The highest BCUT2D eigenvalue weighted by molar-refractivity contribution is 5.78. The molecule has 0 spiro atoms. The van der Waals surface area contributed by atoms with Crippen LogP contribution in [-0.2, 0) is 22.3 Å². The molecule has 1 atom stereocenters. The van der Waals surface area contributed by atoms with Crippen LogP contribution < -0.4 is 5.32 Å². The second-order valence-electron chi connectivity index (χ2n) is 4.54. The molecular formula is C12H18F3N3O2. The number of aromatic nitrogens is 2. The number of carbonyl (C=O) groups is 1. The highest BCUT2D eigenvalue weighted by Gasteiger charge is 2.34. The third-order valence-electron chi connectivity index (χ3n) is 2.77. The molecule has 1 amide bonds. The van der Waals surface area contributed by atoms with Gasteiger partial charge in [0, 0.05) is 19.3 Å². The van der Waals surface area contributed by atoms with E-state index in [1.54, 1.807) is 6.92 Å². The maximum atomic E-state index is 12.5. The Morgan fingerprint density at radius 2 is 2.20 bits per heavy atom. The molecule has 1 heterocycles. The van der Waals surface area contributed by atoms with Gasteiger partial charge in [-0.25, -0.2) is 0 Å². The maximum Gasteiger partial charge on any atom is 0.435 e. The first-order valence-electron chi connectivity index (χ1n) is 6.14. The molecule has 0 saturated carbocycles. The summed E-state index contributed by atoms with van der Waals surface area (Å²) >= 11 is 0. The fraction of sp³-hybridized carbons (Fsp3) is 0.667. The van der Waals surface area contributed by atoms with Gasteiger partial charge in [0.25, 0.3) is 0 Å². The molecule has 0 aliphatic carbocycles. The minimum atomic E-state index is -4.47. The Labute approximate surface area is 115 Å². The standard InChI is InChI=1S/C12H18F3N3O2/c1-8(11(19)16-4-5-20-3)7-18-9(2)6-10(17-18)12(13,14)15/h6,8H,4-5,7H2,1-3H3,(H,16,19). The molecule has 5 nitrogen and oxygen atoms in total. The van der Waals surface area contributed by atoms with Crippen molar-refractivity contribution in [2.45, 2.75) is 26.6 Å². The van der Waals surface area contributed by atoms with Gasteiger partial charge in [-0.15, -0.1) is 0 Å². The number of ether oxygens (including phenoxy) is 1. The molecule has 0 aliphatic rings. The summed E-state index contributed by atoms with van der Waals surface area (Å²) in [6.45, 7) is 4.01. The summed E-state index contributed by atoms with van der Waals surface area (Å²) in [5.41, 5.74) is -0.573. The molecule has 20 heavy (non-hydrogen) atoms. The zero-order valence-electron chi connectivity index (χ0n) is 11.6. The fourth-order valence-electron chi connectivity index (χ4n) is 1.63. The summed E-state index contributed by atoms with van der Waals surface area (Å²) in [5, 5.41) is 6.12.